The molecule has 11 heteroatoms. The van der Waals surface area contributed by atoms with Gasteiger partial charge in [-0.1, -0.05) is 36.4 Å². The number of hydrogen-bond donors (Lipinski definition) is 1. The van der Waals surface area contributed by atoms with E-state index in [1.165, 1.54) is 6.07 Å². The highest BCUT2D eigenvalue weighted by Gasteiger charge is 2.36. The van der Waals surface area contributed by atoms with Crippen LogP contribution >= 0.6 is 0 Å². The first kappa shape index (κ1) is 31.4. The van der Waals surface area contributed by atoms with Gasteiger partial charge >= 0.3 is 5.63 Å². The summed E-state index contributed by atoms with van der Waals surface area (Å²) in [5, 5.41) is 3.61. The first-order valence-electron chi connectivity index (χ1n) is 17.0. The predicted molar refractivity (Wildman–Crippen MR) is 192 cm³/mol. The van der Waals surface area contributed by atoms with Gasteiger partial charge < -0.3 is 33.7 Å². The van der Waals surface area contributed by atoms with Gasteiger partial charge in [0.15, 0.2) is 0 Å². The number of fused-ring (bicyclic) bond motifs is 5. The van der Waals surface area contributed by atoms with E-state index < -0.39 is 11.5 Å². The lowest BCUT2D eigenvalue weighted by Gasteiger charge is -2.44. The van der Waals surface area contributed by atoms with Crippen molar-refractivity contribution < 1.29 is 18.7 Å². The molecule has 1 N–H and O–H groups in total. The number of para-hydroxylation sites is 3. The van der Waals surface area contributed by atoms with Gasteiger partial charge in [0.1, 0.15) is 16.9 Å². The number of piperazine rings is 1. The van der Waals surface area contributed by atoms with Crippen LogP contribution in [0.3, 0.4) is 0 Å². The molecule has 0 aliphatic carbocycles. The van der Waals surface area contributed by atoms with Gasteiger partial charge in [0.2, 0.25) is 0 Å². The zero-order chi connectivity index (χ0) is 34.4. The maximum Gasteiger partial charge on any atom is 0.349 e. The summed E-state index contributed by atoms with van der Waals surface area (Å²) in [4.78, 5) is 59.6. The average Bonchev–Trinajstić information content (AvgIpc) is 3.14. The van der Waals surface area contributed by atoms with Gasteiger partial charge in [-0.15, -0.1) is 0 Å². The molecular weight excluding hydrogens is 634 g/mol. The number of methoxy groups -OCH3 is 1. The van der Waals surface area contributed by atoms with Crippen molar-refractivity contribution in [3.8, 4) is 5.75 Å². The van der Waals surface area contributed by atoms with Gasteiger partial charge in [0, 0.05) is 74.4 Å². The average molecular weight is 672 g/mol. The van der Waals surface area contributed by atoms with Crippen molar-refractivity contribution in [2.75, 3.05) is 61.5 Å². The highest BCUT2D eigenvalue weighted by atomic mass is 16.5. The van der Waals surface area contributed by atoms with E-state index in [2.05, 4.69) is 15.1 Å². The van der Waals surface area contributed by atoms with E-state index in [1.807, 2.05) is 64.1 Å². The van der Waals surface area contributed by atoms with Crippen LogP contribution in [0.1, 0.15) is 38.7 Å². The van der Waals surface area contributed by atoms with E-state index >= 15 is 0 Å². The summed E-state index contributed by atoms with van der Waals surface area (Å²) in [6.45, 7) is 4.27. The van der Waals surface area contributed by atoms with Crippen LogP contribution in [-0.2, 0) is 6.54 Å². The van der Waals surface area contributed by atoms with E-state index in [0.29, 0.717) is 68.0 Å². The summed E-state index contributed by atoms with van der Waals surface area (Å²) in [5.41, 5.74) is 3.18. The van der Waals surface area contributed by atoms with E-state index in [0.717, 1.165) is 29.2 Å². The van der Waals surface area contributed by atoms with Crippen molar-refractivity contribution in [1.82, 2.24) is 9.47 Å². The van der Waals surface area contributed by atoms with Crippen molar-refractivity contribution in [2.45, 2.75) is 18.9 Å². The minimum atomic E-state index is -0.738. The number of amides is 2. The van der Waals surface area contributed by atoms with Gasteiger partial charge in [0.25, 0.3) is 17.4 Å². The fourth-order valence-corrected chi connectivity index (χ4v) is 7.77. The van der Waals surface area contributed by atoms with Gasteiger partial charge in [-0.2, -0.15) is 0 Å². The number of pyridine rings is 1. The topological polar surface area (TPSA) is 117 Å². The highest BCUT2D eigenvalue weighted by Crippen LogP contribution is 2.39. The SMILES string of the molecule is COc1ccccc1N1CCN(C(=O)c2ccc(N3C[C@H]4C[C@@H](C3)c3cccc(=O)n3C4)c(NC(=O)c3cc4ccccc4oc3=O)c2)CC1. The molecule has 0 unspecified atom stereocenters. The van der Waals surface area contributed by atoms with Crippen molar-refractivity contribution in [2.24, 2.45) is 5.92 Å². The number of benzene rings is 3. The standard InChI is InChI=1S/C39H37N5O6/c1-49-35-11-5-3-8-33(35)41-15-17-42(18-16-41)38(47)27-13-14-32(43-22-25-19-28(24-43)31-9-6-12-36(45)44(31)23-25)30(21-27)40-37(46)29-20-26-7-2-4-10-34(26)50-39(29)48/h2-14,20-21,25,28H,15-19,22-24H2,1H3,(H,40,46)/t25-,28+/m1/s1. The fourth-order valence-electron chi connectivity index (χ4n) is 7.77. The third-order valence-electron chi connectivity index (χ3n) is 10.2. The second-order valence-electron chi connectivity index (χ2n) is 13.2. The Morgan fingerprint density at radius 2 is 1.60 bits per heavy atom. The second-order valence-corrected chi connectivity index (χ2v) is 13.2. The smallest absolute Gasteiger partial charge is 0.349 e. The number of nitrogens with zero attached hydrogens (tertiary/aromatic N) is 4. The molecule has 11 nitrogen and oxygen atoms in total. The zero-order valence-electron chi connectivity index (χ0n) is 27.7. The third kappa shape index (κ3) is 5.78. The monoisotopic (exact) mass is 671 g/mol. The lowest BCUT2D eigenvalue weighted by molar-refractivity contribution is 0.0746. The summed E-state index contributed by atoms with van der Waals surface area (Å²) in [6.07, 6.45) is 0.969. The van der Waals surface area contributed by atoms with Gasteiger partial charge in [-0.05, 0) is 60.9 Å². The van der Waals surface area contributed by atoms with Crippen LogP contribution in [0.2, 0.25) is 0 Å². The number of piperidine rings is 1. The molecule has 50 heavy (non-hydrogen) atoms. The molecule has 2 fully saturated rings. The first-order valence-corrected chi connectivity index (χ1v) is 17.0. The molecule has 5 heterocycles. The van der Waals surface area contributed by atoms with E-state index in [9.17, 15) is 19.2 Å². The van der Waals surface area contributed by atoms with E-state index in [-0.39, 0.29) is 28.9 Å². The van der Waals surface area contributed by atoms with Crippen LogP contribution in [0.15, 0.2) is 105 Å². The molecule has 0 radical (unpaired) electrons. The zero-order valence-corrected chi connectivity index (χ0v) is 27.7. The molecule has 254 valence electrons. The maximum atomic E-state index is 13.9. The van der Waals surface area contributed by atoms with Gasteiger partial charge in [0.05, 0.1) is 24.2 Å². The maximum absolute atomic E-state index is 13.9. The van der Waals surface area contributed by atoms with Crippen LogP contribution < -0.4 is 31.0 Å². The Morgan fingerprint density at radius 3 is 2.44 bits per heavy atom. The molecule has 2 amide bonds. The summed E-state index contributed by atoms with van der Waals surface area (Å²) in [6, 6.07) is 27.3. The van der Waals surface area contributed by atoms with E-state index in [1.54, 1.807) is 37.4 Å². The molecule has 3 aliphatic rings. The molecule has 2 atom stereocenters. The molecular formula is C39H37N5O6. The van der Waals surface area contributed by atoms with Crippen molar-refractivity contribution in [1.29, 1.82) is 0 Å². The Balaban J connectivity index is 1.09. The number of carbonyl (C=O) groups excluding carboxylic acids is 2. The highest BCUT2D eigenvalue weighted by molar-refractivity contribution is 6.08. The normalized spacial score (nSPS) is 18.5. The Morgan fingerprint density at radius 1 is 0.800 bits per heavy atom. The Bertz CT molecular complexity index is 2240. The number of carbonyl (C=O) groups is 2. The molecule has 2 bridgehead atoms. The number of rotatable bonds is 6. The number of aromatic nitrogens is 1. The second kappa shape index (κ2) is 12.9. The minimum absolute atomic E-state index is 0.0134. The number of hydrogen-bond acceptors (Lipinski definition) is 8. The van der Waals surface area contributed by atoms with Crippen molar-refractivity contribution in [3.63, 3.8) is 0 Å². The Labute approximate surface area is 288 Å². The molecule has 2 saturated heterocycles. The quantitative estimate of drug-likeness (QED) is 0.256. The fraction of sp³-hybridized carbons (Fsp3) is 0.282. The lowest BCUT2D eigenvalue weighted by atomic mass is 9.83. The van der Waals surface area contributed by atoms with Gasteiger partial charge in [-0.3, -0.25) is 14.4 Å². The minimum Gasteiger partial charge on any atom is -0.495 e. The summed E-state index contributed by atoms with van der Waals surface area (Å²) in [5.74, 6) is 0.406. The first-order chi connectivity index (χ1) is 24.4. The molecule has 0 saturated carbocycles. The van der Waals surface area contributed by atoms with Crippen LogP contribution in [0.5, 0.6) is 5.75 Å². The summed E-state index contributed by atoms with van der Waals surface area (Å²) < 4.78 is 12.9. The molecule has 3 aromatic carbocycles. The number of ether oxygens (including phenoxy) is 1. The van der Waals surface area contributed by atoms with Crippen LogP contribution in [0.25, 0.3) is 11.0 Å². The van der Waals surface area contributed by atoms with Crippen LogP contribution in [-0.4, -0.2) is 67.7 Å². The van der Waals surface area contributed by atoms with Crippen LogP contribution in [0, 0.1) is 5.92 Å². The molecule has 0 spiro atoms. The largest absolute Gasteiger partial charge is 0.495 e. The molecule has 3 aliphatic heterocycles. The van der Waals surface area contributed by atoms with Crippen molar-refractivity contribution >= 4 is 39.8 Å². The summed E-state index contributed by atoms with van der Waals surface area (Å²) in [7, 11) is 1.65. The van der Waals surface area contributed by atoms with Crippen LogP contribution in [0.4, 0.5) is 17.1 Å². The van der Waals surface area contributed by atoms with Crippen molar-refractivity contribution in [3.05, 3.63) is 129 Å². The molecule has 2 aromatic heterocycles. The van der Waals surface area contributed by atoms with E-state index in [4.69, 9.17) is 9.15 Å². The lowest BCUT2D eigenvalue weighted by Crippen LogP contribution is -2.49. The Hall–Kier alpha value is -5.84. The molecule has 8 rings (SSSR count). The summed E-state index contributed by atoms with van der Waals surface area (Å²) >= 11 is 0. The predicted octanol–water partition coefficient (Wildman–Crippen LogP) is 4.80. The molecule has 5 aromatic rings. The number of nitrogens with one attached hydrogen (secondary N) is 1. The Kier molecular flexibility index (Phi) is 8.10. The number of anilines is 3. The van der Waals surface area contributed by atoms with Gasteiger partial charge in [-0.25, -0.2) is 4.79 Å². The third-order valence-corrected chi connectivity index (χ3v) is 10.2.